The molecule has 0 unspecified atom stereocenters. The smallest absolute Gasteiger partial charge is 0.408 e. The number of nitrogens with one attached hydrogen (secondary N) is 1. The molecule has 0 aromatic heterocycles. The van der Waals surface area contributed by atoms with Crippen molar-refractivity contribution < 1.29 is 28.0 Å². The predicted molar refractivity (Wildman–Crippen MR) is 207 cm³/mol. The molecule has 0 heterocycles. The minimum Gasteiger partial charge on any atom is -0.469 e. The highest BCUT2D eigenvalue weighted by Crippen LogP contribution is 2.39. The van der Waals surface area contributed by atoms with Crippen molar-refractivity contribution in [3.05, 3.63) is 96.6 Å². The van der Waals surface area contributed by atoms with Gasteiger partial charge in [0.25, 0.3) is 8.32 Å². The molecule has 3 rings (SSSR count). The molecule has 3 aromatic carbocycles. The lowest BCUT2D eigenvalue weighted by Crippen LogP contribution is -2.68. The van der Waals surface area contributed by atoms with Crippen LogP contribution in [0, 0.1) is 0 Å². The Labute approximate surface area is 303 Å². The van der Waals surface area contributed by atoms with Gasteiger partial charge in [0.2, 0.25) is 8.32 Å². The number of hydroxylamine groups is 2. The SMILES string of the molecule is COC(=O)C[C@H]([C@H](CO[Si](c1ccccc1)(c1ccccc1)C(C)(C)C)NC(=O)OC(C)(C)C)N(Cc1ccccc1)O[Si](C)(C)C(C)(C)C. The topological polar surface area (TPSA) is 86.3 Å². The Balaban J connectivity index is 2.25. The Morgan fingerprint density at radius 3 is 1.64 bits per heavy atom. The molecule has 0 aliphatic carbocycles. The minimum absolute atomic E-state index is 0.0530. The molecule has 0 saturated carbocycles. The van der Waals surface area contributed by atoms with Crippen LogP contribution in [0.15, 0.2) is 91.0 Å². The van der Waals surface area contributed by atoms with Gasteiger partial charge in [-0.2, -0.15) is 5.06 Å². The zero-order valence-electron chi connectivity index (χ0n) is 32.3. The zero-order chi connectivity index (χ0) is 37.4. The van der Waals surface area contributed by atoms with Crippen molar-refractivity contribution in [3.8, 4) is 0 Å². The Kier molecular flexibility index (Phi) is 13.8. The fourth-order valence-corrected chi connectivity index (χ4v) is 11.4. The number of ether oxygens (including phenoxy) is 2. The van der Waals surface area contributed by atoms with Crippen molar-refractivity contribution in [2.75, 3.05) is 13.7 Å². The number of rotatable bonds is 14. The van der Waals surface area contributed by atoms with E-state index in [1.165, 1.54) is 7.11 Å². The highest BCUT2D eigenvalue weighted by Gasteiger charge is 2.51. The average molecular weight is 721 g/mol. The highest BCUT2D eigenvalue weighted by atomic mass is 28.4. The van der Waals surface area contributed by atoms with Gasteiger partial charge in [0.1, 0.15) is 5.60 Å². The van der Waals surface area contributed by atoms with Crippen molar-refractivity contribution in [1.29, 1.82) is 0 Å². The summed E-state index contributed by atoms with van der Waals surface area (Å²) in [7, 11) is -4.14. The van der Waals surface area contributed by atoms with Crippen LogP contribution in [0.4, 0.5) is 4.79 Å². The van der Waals surface area contributed by atoms with E-state index in [1.54, 1.807) is 0 Å². The molecular formula is C40H60N2O6Si2. The third-order valence-electron chi connectivity index (χ3n) is 9.37. The zero-order valence-corrected chi connectivity index (χ0v) is 34.3. The molecule has 0 spiro atoms. The molecule has 10 heteroatoms. The van der Waals surface area contributed by atoms with E-state index in [0.29, 0.717) is 6.54 Å². The number of carbonyl (C=O) groups is 2. The number of benzene rings is 3. The van der Waals surface area contributed by atoms with Gasteiger partial charge in [-0.05, 0) is 59.9 Å². The van der Waals surface area contributed by atoms with E-state index in [-0.39, 0.29) is 23.1 Å². The Bertz CT molecular complexity index is 1460. The Morgan fingerprint density at radius 2 is 1.22 bits per heavy atom. The quantitative estimate of drug-likeness (QED) is 0.103. The van der Waals surface area contributed by atoms with Crippen LogP contribution in [0.3, 0.4) is 0 Å². The van der Waals surface area contributed by atoms with E-state index in [9.17, 15) is 9.59 Å². The summed E-state index contributed by atoms with van der Waals surface area (Å²) in [5.74, 6) is -0.423. The summed E-state index contributed by atoms with van der Waals surface area (Å²) in [6.45, 7) is 23.5. The summed E-state index contributed by atoms with van der Waals surface area (Å²) < 4.78 is 25.5. The molecule has 274 valence electrons. The molecule has 3 aromatic rings. The van der Waals surface area contributed by atoms with E-state index in [0.717, 1.165) is 15.9 Å². The van der Waals surface area contributed by atoms with Crippen molar-refractivity contribution in [1.82, 2.24) is 10.4 Å². The maximum Gasteiger partial charge on any atom is 0.408 e. The number of hydrogen-bond donors (Lipinski definition) is 1. The number of methoxy groups -OCH3 is 1. The van der Waals surface area contributed by atoms with Crippen LogP contribution in [0.25, 0.3) is 0 Å². The molecule has 2 atom stereocenters. The second-order valence-corrected chi connectivity index (χ2v) is 25.5. The van der Waals surface area contributed by atoms with Gasteiger partial charge < -0.3 is 23.7 Å². The number of hydrogen-bond acceptors (Lipinski definition) is 7. The van der Waals surface area contributed by atoms with Crippen LogP contribution in [0.2, 0.25) is 23.2 Å². The monoisotopic (exact) mass is 720 g/mol. The summed E-state index contributed by atoms with van der Waals surface area (Å²) >= 11 is 0. The van der Waals surface area contributed by atoms with Gasteiger partial charge in [0, 0.05) is 6.54 Å². The first-order valence-electron chi connectivity index (χ1n) is 17.5. The molecule has 8 nitrogen and oxygen atoms in total. The van der Waals surface area contributed by atoms with Crippen LogP contribution >= 0.6 is 0 Å². The van der Waals surface area contributed by atoms with Crippen molar-refractivity contribution in [2.45, 2.75) is 116 Å². The molecule has 50 heavy (non-hydrogen) atoms. The summed E-state index contributed by atoms with van der Waals surface area (Å²) in [5.41, 5.74) is 0.261. The molecule has 1 amide bonds. The maximum atomic E-state index is 13.7. The predicted octanol–water partition coefficient (Wildman–Crippen LogP) is 7.83. The van der Waals surface area contributed by atoms with Crippen LogP contribution < -0.4 is 15.7 Å². The van der Waals surface area contributed by atoms with Crippen molar-refractivity contribution >= 4 is 39.1 Å². The standard InChI is InChI=1S/C40H60N2O6Si2/c1-38(2,3)47-37(44)41-34(30-46-50(40(7,8)9,32-24-18-14-19-25-32)33-26-20-15-21-27-33)35(28-36(43)45-10)42(29-31-22-16-13-17-23-31)48-49(11,12)39(4,5)6/h13-27,34-35H,28-30H2,1-12H3,(H,41,44)/t34-,35+/m0/s1. The van der Waals surface area contributed by atoms with E-state index in [4.69, 9.17) is 18.4 Å². The molecule has 0 bridgehead atoms. The third-order valence-corrected chi connectivity index (χ3v) is 18.7. The lowest BCUT2D eigenvalue weighted by Gasteiger charge is -2.46. The molecule has 0 radical (unpaired) electrons. The van der Waals surface area contributed by atoms with Crippen LogP contribution in [0.5, 0.6) is 0 Å². The highest BCUT2D eigenvalue weighted by molar-refractivity contribution is 6.99. The second-order valence-electron chi connectivity index (χ2n) is 16.5. The number of carbonyl (C=O) groups excluding carboxylic acids is 2. The molecule has 0 saturated heterocycles. The van der Waals surface area contributed by atoms with E-state index >= 15 is 0 Å². The number of nitrogens with zero attached hydrogens (tertiary/aromatic N) is 1. The van der Waals surface area contributed by atoms with Crippen LogP contribution in [0.1, 0.15) is 74.3 Å². The number of esters is 1. The van der Waals surface area contributed by atoms with Gasteiger partial charge in [0.15, 0.2) is 0 Å². The lowest BCUT2D eigenvalue weighted by molar-refractivity contribution is -0.156. The van der Waals surface area contributed by atoms with E-state index < -0.39 is 46.4 Å². The fourth-order valence-electron chi connectivity index (χ4n) is 5.79. The van der Waals surface area contributed by atoms with Gasteiger partial charge in [-0.1, -0.05) is 133 Å². The summed E-state index contributed by atoms with van der Waals surface area (Å²) in [6.07, 6.45) is -0.655. The number of amides is 1. The van der Waals surface area contributed by atoms with E-state index in [2.05, 4.69) is 84.2 Å². The molecule has 0 aliphatic rings. The summed E-state index contributed by atoms with van der Waals surface area (Å²) in [4.78, 5) is 27.0. The maximum absolute atomic E-state index is 13.7. The first kappa shape index (κ1) is 41.1. The van der Waals surface area contributed by atoms with Gasteiger partial charge >= 0.3 is 12.1 Å². The summed E-state index contributed by atoms with van der Waals surface area (Å²) in [5, 5.41) is 6.79. The molecule has 0 fully saturated rings. The van der Waals surface area contributed by atoms with Crippen LogP contribution in [-0.2, 0) is 29.8 Å². The molecule has 1 N–H and O–H groups in total. The first-order chi connectivity index (χ1) is 23.2. The first-order valence-corrected chi connectivity index (χ1v) is 22.3. The third kappa shape index (κ3) is 10.9. The largest absolute Gasteiger partial charge is 0.469 e. The fraction of sp³-hybridized carbons (Fsp3) is 0.500. The van der Waals surface area contributed by atoms with Gasteiger partial charge in [-0.3, -0.25) is 4.79 Å². The van der Waals surface area contributed by atoms with Gasteiger partial charge in [0.05, 0.1) is 32.2 Å². The van der Waals surface area contributed by atoms with Crippen LogP contribution in [-0.4, -0.2) is 65.2 Å². The molecular weight excluding hydrogens is 661 g/mol. The lowest BCUT2D eigenvalue weighted by atomic mass is 10.0. The second kappa shape index (κ2) is 16.8. The Hall–Kier alpha value is -3.29. The average Bonchev–Trinajstić information content (AvgIpc) is 3.02. The normalized spacial score (nSPS) is 14.2. The van der Waals surface area contributed by atoms with Crippen molar-refractivity contribution in [2.24, 2.45) is 0 Å². The van der Waals surface area contributed by atoms with Crippen molar-refractivity contribution in [3.63, 3.8) is 0 Å². The summed E-state index contributed by atoms with van der Waals surface area (Å²) in [6, 6.07) is 29.3. The van der Waals surface area contributed by atoms with Gasteiger partial charge in [-0.25, -0.2) is 4.79 Å². The Morgan fingerprint density at radius 1 is 0.740 bits per heavy atom. The van der Waals surface area contributed by atoms with Gasteiger partial charge in [-0.15, -0.1) is 0 Å². The minimum atomic E-state index is -3.05. The number of alkyl carbamates (subject to hydrolysis) is 1. The molecule has 0 aliphatic heterocycles. The van der Waals surface area contributed by atoms with E-state index in [1.807, 2.05) is 92.6 Å².